The van der Waals surface area contributed by atoms with Crippen molar-refractivity contribution < 1.29 is 4.39 Å². The van der Waals surface area contributed by atoms with Crippen molar-refractivity contribution in [1.29, 1.82) is 0 Å². The maximum atomic E-state index is 14.2. The summed E-state index contributed by atoms with van der Waals surface area (Å²) < 4.78 is 15.9. The SMILES string of the molecule is NC1CCN(c2c(F)cccc2Cn2ccnn2)CC1. The molecule has 1 saturated heterocycles. The first-order valence-electron chi connectivity index (χ1n) is 6.86. The standard InChI is InChI=1S/C14H18FN5/c15-13-3-1-2-11(10-20-9-6-17-18-20)14(13)19-7-4-12(16)5-8-19/h1-3,6,9,12H,4-5,7-8,10,16H2. The fourth-order valence-electron chi connectivity index (χ4n) is 2.66. The van der Waals surface area contributed by atoms with E-state index >= 15 is 0 Å². The second-order valence-corrected chi connectivity index (χ2v) is 5.17. The van der Waals surface area contributed by atoms with E-state index in [0.717, 1.165) is 31.5 Å². The van der Waals surface area contributed by atoms with Crippen LogP contribution in [0.15, 0.2) is 30.6 Å². The third-order valence-electron chi connectivity index (χ3n) is 3.73. The van der Waals surface area contributed by atoms with Crippen molar-refractivity contribution in [2.45, 2.75) is 25.4 Å². The number of aromatic nitrogens is 3. The molecule has 0 aliphatic carbocycles. The number of nitrogens with zero attached hydrogens (tertiary/aromatic N) is 4. The van der Waals surface area contributed by atoms with Gasteiger partial charge in [0.15, 0.2) is 0 Å². The van der Waals surface area contributed by atoms with Gasteiger partial charge in [-0.2, -0.15) is 0 Å². The van der Waals surface area contributed by atoms with Crippen LogP contribution >= 0.6 is 0 Å². The lowest BCUT2D eigenvalue weighted by Crippen LogP contribution is -2.40. The van der Waals surface area contributed by atoms with Gasteiger partial charge in [0, 0.05) is 25.3 Å². The zero-order chi connectivity index (χ0) is 13.9. The summed E-state index contributed by atoms with van der Waals surface area (Å²) in [7, 11) is 0. The Hall–Kier alpha value is -1.95. The van der Waals surface area contributed by atoms with Gasteiger partial charge in [-0.15, -0.1) is 5.10 Å². The zero-order valence-electron chi connectivity index (χ0n) is 11.2. The molecule has 0 amide bonds. The number of halogens is 1. The van der Waals surface area contributed by atoms with Crippen LogP contribution in [-0.2, 0) is 6.54 Å². The van der Waals surface area contributed by atoms with Gasteiger partial charge in [0.2, 0.25) is 0 Å². The highest BCUT2D eigenvalue weighted by molar-refractivity contribution is 5.55. The quantitative estimate of drug-likeness (QED) is 0.919. The molecule has 0 bridgehead atoms. The largest absolute Gasteiger partial charge is 0.369 e. The van der Waals surface area contributed by atoms with E-state index in [1.54, 1.807) is 23.1 Å². The highest BCUT2D eigenvalue weighted by Gasteiger charge is 2.21. The van der Waals surface area contributed by atoms with Crippen molar-refractivity contribution in [3.63, 3.8) is 0 Å². The summed E-state index contributed by atoms with van der Waals surface area (Å²) in [6, 6.07) is 5.42. The number of nitrogens with two attached hydrogens (primary N) is 1. The molecule has 0 spiro atoms. The Morgan fingerprint density at radius 1 is 1.30 bits per heavy atom. The van der Waals surface area contributed by atoms with Crippen molar-refractivity contribution in [2.75, 3.05) is 18.0 Å². The minimum atomic E-state index is -0.182. The maximum absolute atomic E-state index is 14.2. The van der Waals surface area contributed by atoms with Gasteiger partial charge in [0.05, 0.1) is 18.4 Å². The molecule has 3 rings (SSSR count). The first-order valence-corrected chi connectivity index (χ1v) is 6.86. The van der Waals surface area contributed by atoms with Gasteiger partial charge in [-0.25, -0.2) is 9.07 Å². The van der Waals surface area contributed by atoms with Crippen LogP contribution in [0.3, 0.4) is 0 Å². The summed E-state index contributed by atoms with van der Waals surface area (Å²) in [5.41, 5.74) is 7.52. The molecule has 0 atom stereocenters. The molecule has 2 heterocycles. The first-order chi connectivity index (χ1) is 9.74. The lowest BCUT2D eigenvalue weighted by molar-refractivity contribution is 0.491. The van der Waals surface area contributed by atoms with Crippen molar-refractivity contribution >= 4 is 5.69 Å². The minimum Gasteiger partial charge on any atom is -0.369 e. The monoisotopic (exact) mass is 275 g/mol. The van der Waals surface area contributed by atoms with Crippen LogP contribution in [0.4, 0.5) is 10.1 Å². The van der Waals surface area contributed by atoms with Crippen molar-refractivity contribution in [2.24, 2.45) is 5.73 Å². The molecule has 20 heavy (non-hydrogen) atoms. The van der Waals surface area contributed by atoms with E-state index in [2.05, 4.69) is 15.2 Å². The second-order valence-electron chi connectivity index (χ2n) is 5.17. The van der Waals surface area contributed by atoms with E-state index in [-0.39, 0.29) is 11.9 Å². The third kappa shape index (κ3) is 2.65. The van der Waals surface area contributed by atoms with E-state index in [9.17, 15) is 4.39 Å². The van der Waals surface area contributed by atoms with Crippen LogP contribution in [0, 0.1) is 5.82 Å². The highest BCUT2D eigenvalue weighted by atomic mass is 19.1. The summed E-state index contributed by atoms with van der Waals surface area (Å²) in [5.74, 6) is -0.182. The van der Waals surface area contributed by atoms with Crippen molar-refractivity contribution in [1.82, 2.24) is 15.0 Å². The fraction of sp³-hybridized carbons (Fsp3) is 0.429. The first kappa shape index (κ1) is 13.1. The Labute approximate surface area is 117 Å². The average molecular weight is 275 g/mol. The number of para-hydroxylation sites is 1. The Morgan fingerprint density at radius 3 is 2.80 bits per heavy atom. The summed E-state index contributed by atoms with van der Waals surface area (Å²) in [5, 5.41) is 7.73. The van der Waals surface area contributed by atoms with Gasteiger partial charge in [0.25, 0.3) is 0 Å². The topological polar surface area (TPSA) is 60.0 Å². The Morgan fingerprint density at radius 2 is 2.10 bits per heavy atom. The second kappa shape index (κ2) is 5.58. The fourth-order valence-corrected chi connectivity index (χ4v) is 2.66. The van der Waals surface area contributed by atoms with Crippen LogP contribution < -0.4 is 10.6 Å². The smallest absolute Gasteiger partial charge is 0.146 e. The number of anilines is 1. The molecule has 1 aliphatic rings. The molecular formula is C14H18FN5. The minimum absolute atomic E-state index is 0.182. The highest BCUT2D eigenvalue weighted by Crippen LogP contribution is 2.27. The number of benzene rings is 1. The summed E-state index contributed by atoms with van der Waals surface area (Å²) >= 11 is 0. The van der Waals surface area contributed by atoms with Gasteiger partial charge in [-0.05, 0) is 24.5 Å². The zero-order valence-corrected chi connectivity index (χ0v) is 11.2. The van der Waals surface area contributed by atoms with E-state index < -0.39 is 0 Å². The van der Waals surface area contributed by atoms with E-state index in [1.165, 1.54) is 6.07 Å². The molecular weight excluding hydrogens is 257 g/mol. The van der Waals surface area contributed by atoms with Crippen LogP contribution in [-0.4, -0.2) is 34.1 Å². The van der Waals surface area contributed by atoms with Crippen LogP contribution in [0.2, 0.25) is 0 Å². The molecule has 5 nitrogen and oxygen atoms in total. The molecule has 1 aromatic carbocycles. The molecule has 0 saturated carbocycles. The van der Waals surface area contributed by atoms with E-state index in [1.807, 2.05) is 6.07 Å². The number of rotatable bonds is 3. The molecule has 6 heteroatoms. The molecule has 2 aromatic rings. The number of hydrogen-bond donors (Lipinski definition) is 1. The average Bonchev–Trinajstić information content (AvgIpc) is 2.94. The summed E-state index contributed by atoms with van der Waals surface area (Å²) in [6.45, 7) is 2.12. The number of piperidine rings is 1. The normalized spacial score (nSPS) is 16.6. The predicted molar refractivity (Wildman–Crippen MR) is 74.9 cm³/mol. The van der Waals surface area contributed by atoms with Gasteiger partial charge >= 0.3 is 0 Å². The Balaban J connectivity index is 1.88. The lowest BCUT2D eigenvalue weighted by atomic mass is 10.0. The van der Waals surface area contributed by atoms with Crippen LogP contribution in [0.5, 0.6) is 0 Å². The van der Waals surface area contributed by atoms with Gasteiger partial charge in [-0.1, -0.05) is 17.3 Å². The van der Waals surface area contributed by atoms with E-state index in [0.29, 0.717) is 12.2 Å². The van der Waals surface area contributed by atoms with Crippen molar-refractivity contribution in [3.8, 4) is 0 Å². The molecule has 1 aliphatic heterocycles. The third-order valence-corrected chi connectivity index (χ3v) is 3.73. The predicted octanol–water partition coefficient (Wildman–Crippen LogP) is 1.39. The van der Waals surface area contributed by atoms with Crippen LogP contribution in [0.1, 0.15) is 18.4 Å². The van der Waals surface area contributed by atoms with Gasteiger partial charge < -0.3 is 10.6 Å². The van der Waals surface area contributed by atoms with Crippen molar-refractivity contribution in [3.05, 3.63) is 42.0 Å². The molecule has 106 valence electrons. The molecule has 2 N–H and O–H groups in total. The summed E-state index contributed by atoms with van der Waals surface area (Å²) in [4.78, 5) is 2.09. The summed E-state index contributed by atoms with van der Waals surface area (Å²) in [6.07, 6.45) is 5.20. The molecule has 1 fully saturated rings. The maximum Gasteiger partial charge on any atom is 0.146 e. The van der Waals surface area contributed by atoms with E-state index in [4.69, 9.17) is 5.73 Å². The Kier molecular flexibility index (Phi) is 3.64. The van der Waals surface area contributed by atoms with Gasteiger partial charge in [-0.3, -0.25) is 0 Å². The molecule has 1 aromatic heterocycles. The lowest BCUT2D eigenvalue weighted by Gasteiger charge is -2.33. The Bertz CT molecular complexity index is 561. The van der Waals surface area contributed by atoms with Crippen LogP contribution in [0.25, 0.3) is 0 Å². The van der Waals surface area contributed by atoms with Gasteiger partial charge in [0.1, 0.15) is 5.82 Å². The molecule has 0 unspecified atom stereocenters. The number of hydrogen-bond acceptors (Lipinski definition) is 4. The molecule has 0 radical (unpaired) electrons.